The molecule has 0 aromatic heterocycles. The summed E-state index contributed by atoms with van der Waals surface area (Å²) in [5, 5.41) is 19.2. The van der Waals surface area contributed by atoms with Gasteiger partial charge in [0.1, 0.15) is 11.9 Å². The van der Waals surface area contributed by atoms with Gasteiger partial charge in [-0.15, -0.1) is 0 Å². The van der Waals surface area contributed by atoms with E-state index in [2.05, 4.69) is 15.9 Å². The van der Waals surface area contributed by atoms with Crippen molar-refractivity contribution in [3.63, 3.8) is 0 Å². The molecule has 0 radical (unpaired) electrons. The average molecular weight is 299 g/mol. The summed E-state index contributed by atoms with van der Waals surface area (Å²) in [4.78, 5) is 0. The van der Waals surface area contributed by atoms with E-state index >= 15 is 0 Å². The lowest BCUT2D eigenvalue weighted by atomic mass is 10.0. The number of anilines is 1. The molecular formula is C9H10BrClFNO2. The number of hydrogen-bond acceptors (Lipinski definition) is 3. The number of aliphatic hydroxyl groups excluding tert-OH is 2. The lowest BCUT2D eigenvalue weighted by Gasteiger charge is -2.18. The van der Waals surface area contributed by atoms with E-state index in [1.807, 2.05) is 0 Å². The van der Waals surface area contributed by atoms with E-state index in [1.54, 1.807) is 0 Å². The summed E-state index contributed by atoms with van der Waals surface area (Å²) in [5.41, 5.74) is 5.72. The Balaban J connectivity index is 3.13. The van der Waals surface area contributed by atoms with Crippen molar-refractivity contribution in [3.05, 3.63) is 28.5 Å². The quantitative estimate of drug-likeness (QED) is 0.589. The van der Waals surface area contributed by atoms with Gasteiger partial charge in [0.2, 0.25) is 0 Å². The zero-order chi connectivity index (χ0) is 11.6. The summed E-state index contributed by atoms with van der Waals surface area (Å²) in [5.74, 6) is -0.606. The molecular weight excluding hydrogens is 288 g/mol. The van der Waals surface area contributed by atoms with Gasteiger partial charge in [-0.05, 0) is 12.1 Å². The third-order valence-corrected chi connectivity index (χ3v) is 2.94. The third-order valence-electron chi connectivity index (χ3n) is 1.97. The minimum atomic E-state index is -1.27. The molecule has 0 aliphatic rings. The van der Waals surface area contributed by atoms with Crippen molar-refractivity contribution < 1.29 is 14.6 Å². The van der Waals surface area contributed by atoms with Crippen LogP contribution in [0, 0.1) is 5.82 Å². The largest absolute Gasteiger partial charge is 0.397 e. The van der Waals surface area contributed by atoms with Crippen molar-refractivity contribution in [1.82, 2.24) is 0 Å². The number of nitrogens with two attached hydrogens (primary N) is 1. The molecule has 0 saturated carbocycles. The van der Waals surface area contributed by atoms with Crippen LogP contribution in [0.5, 0.6) is 0 Å². The van der Waals surface area contributed by atoms with E-state index in [1.165, 1.54) is 0 Å². The van der Waals surface area contributed by atoms with Crippen LogP contribution >= 0.6 is 27.5 Å². The lowest BCUT2D eigenvalue weighted by Crippen LogP contribution is -2.20. The highest BCUT2D eigenvalue weighted by atomic mass is 79.9. The van der Waals surface area contributed by atoms with Gasteiger partial charge in [0, 0.05) is 10.9 Å². The Kier molecular flexibility index (Phi) is 4.33. The summed E-state index contributed by atoms with van der Waals surface area (Å²) in [6.07, 6.45) is -2.33. The first-order valence-electron chi connectivity index (χ1n) is 4.14. The van der Waals surface area contributed by atoms with E-state index in [0.29, 0.717) is 0 Å². The molecule has 1 aromatic carbocycles. The van der Waals surface area contributed by atoms with Crippen LogP contribution in [0.15, 0.2) is 12.1 Å². The number of aliphatic hydroxyl groups is 2. The highest BCUT2D eigenvalue weighted by molar-refractivity contribution is 9.09. The highest BCUT2D eigenvalue weighted by Crippen LogP contribution is 2.30. The fourth-order valence-corrected chi connectivity index (χ4v) is 1.71. The Hall–Kier alpha value is -0.360. The highest BCUT2D eigenvalue weighted by Gasteiger charge is 2.21. The number of nitrogen functional groups attached to an aromatic ring is 1. The van der Waals surface area contributed by atoms with Crippen LogP contribution in [0.2, 0.25) is 5.02 Å². The number of halogens is 3. The Morgan fingerprint density at radius 3 is 2.60 bits per heavy atom. The summed E-state index contributed by atoms with van der Waals surface area (Å²) < 4.78 is 13.0. The lowest BCUT2D eigenvalue weighted by molar-refractivity contribution is 0.0346. The molecule has 0 aliphatic heterocycles. The molecule has 0 amide bonds. The van der Waals surface area contributed by atoms with Crippen molar-refractivity contribution in [2.75, 3.05) is 11.1 Å². The van der Waals surface area contributed by atoms with Crippen LogP contribution in [-0.2, 0) is 0 Å². The van der Waals surface area contributed by atoms with Gasteiger partial charge in [0.15, 0.2) is 0 Å². The Labute approximate surface area is 99.8 Å². The minimum absolute atomic E-state index is 0.0193. The van der Waals surface area contributed by atoms with Gasteiger partial charge in [-0.25, -0.2) is 4.39 Å². The van der Waals surface area contributed by atoms with E-state index in [-0.39, 0.29) is 21.6 Å². The van der Waals surface area contributed by atoms with E-state index < -0.39 is 18.0 Å². The Morgan fingerprint density at radius 2 is 2.07 bits per heavy atom. The average Bonchev–Trinajstić information content (AvgIpc) is 2.21. The van der Waals surface area contributed by atoms with Gasteiger partial charge < -0.3 is 15.9 Å². The first kappa shape index (κ1) is 12.7. The maximum Gasteiger partial charge on any atom is 0.125 e. The minimum Gasteiger partial charge on any atom is -0.397 e. The summed E-state index contributed by atoms with van der Waals surface area (Å²) >= 11 is 8.64. The Bertz CT molecular complexity index is 364. The molecule has 3 nitrogen and oxygen atoms in total. The van der Waals surface area contributed by atoms with Crippen LogP contribution < -0.4 is 5.73 Å². The first-order valence-corrected chi connectivity index (χ1v) is 5.63. The summed E-state index contributed by atoms with van der Waals surface area (Å²) in [6, 6.07) is 2.10. The fourth-order valence-electron chi connectivity index (χ4n) is 1.14. The van der Waals surface area contributed by atoms with Crippen LogP contribution in [-0.4, -0.2) is 21.6 Å². The Morgan fingerprint density at radius 1 is 1.47 bits per heavy atom. The molecule has 2 atom stereocenters. The number of alkyl halides is 1. The van der Waals surface area contributed by atoms with E-state index in [4.69, 9.17) is 17.3 Å². The molecule has 1 rings (SSSR count). The smallest absolute Gasteiger partial charge is 0.125 e. The van der Waals surface area contributed by atoms with Crippen molar-refractivity contribution in [2.24, 2.45) is 0 Å². The number of hydrogen-bond donors (Lipinski definition) is 3. The second-order valence-corrected chi connectivity index (χ2v) is 4.11. The van der Waals surface area contributed by atoms with E-state index in [0.717, 1.165) is 12.1 Å². The molecule has 0 heterocycles. The van der Waals surface area contributed by atoms with Crippen molar-refractivity contribution in [1.29, 1.82) is 0 Å². The zero-order valence-corrected chi connectivity index (χ0v) is 9.96. The maximum absolute atomic E-state index is 13.0. The van der Waals surface area contributed by atoms with Gasteiger partial charge in [-0.2, -0.15) is 0 Å². The summed E-state index contributed by atoms with van der Waals surface area (Å²) in [7, 11) is 0. The fraction of sp³-hybridized carbons (Fsp3) is 0.333. The molecule has 84 valence electrons. The molecule has 15 heavy (non-hydrogen) atoms. The first-order chi connectivity index (χ1) is 6.97. The van der Waals surface area contributed by atoms with Gasteiger partial charge >= 0.3 is 0 Å². The van der Waals surface area contributed by atoms with Crippen molar-refractivity contribution in [3.8, 4) is 0 Å². The van der Waals surface area contributed by atoms with E-state index in [9.17, 15) is 14.6 Å². The molecule has 0 bridgehead atoms. The maximum atomic E-state index is 13.0. The topological polar surface area (TPSA) is 66.5 Å². The molecule has 6 heteroatoms. The number of rotatable bonds is 3. The van der Waals surface area contributed by atoms with Crippen LogP contribution in [0.25, 0.3) is 0 Å². The predicted octanol–water partition coefficient (Wildman–Crippen LogP) is 1.85. The monoisotopic (exact) mass is 297 g/mol. The van der Waals surface area contributed by atoms with Gasteiger partial charge in [0.25, 0.3) is 0 Å². The summed E-state index contributed by atoms with van der Waals surface area (Å²) in [6.45, 7) is 0. The van der Waals surface area contributed by atoms with Crippen molar-refractivity contribution >= 4 is 33.2 Å². The molecule has 4 N–H and O–H groups in total. The molecule has 1 aromatic rings. The number of benzene rings is 1. The molecule has 0 spiro atoms. The normalized spacial score (nSPS) is 15.0. The second-order valence-electron chi connectivity index (χ2n) is 3.06. The van der Waals surface area contributed by atoms with Gasteiger partial charge in [-0.3, -0.25) is 0 Å². The molecule has 0 fully saturated rings. The molecule has 0 aliphatic carbocycles. The zero-order valence-electron chi connectivity index (χ0n) is 7.62. The van der Waals surface area contributed by atoms with Crippen LogP contribution in [0.4, 0.5) is 10.1 Å². The molecule has 2 unspecified atom stereocenters. The van der Waals surface area contributed by atoms with Crippen molar-refractivity contribution in [2.45, 2.75) is 12.2 Å². The van der Waals surface area contributed by atoms with Crippen LogP contribution in [0.1, 0.15) is 11.7 Å². The molecule has 0 saturated heterocycles. The van der Waals surface area contributed by atoms with Crippen LogP contribution in [0.3, 0.4) is 0 Å². The predicted molar refractivity (Wildman–Crippen MR) is 60.6 cm³/mol. The third kappa shape index (κ3) is 2.81. The van der Waals surface area contributed by atoms with Gasteiger partial charge in [0.05, 0.1) is 16.8 Å². The standard InChI is InChI=1S/C9H10BrClFNO2/c10-3-7(14)9(15)5-1-4(12)2-6(11)8(5)13/h1-2,7,9,14-15H,3,13H2. The SMILES string of the molecule is Nc1c(Cl)cc(F)cc1C(O)C(O)CBr. The second kappa shape index (κ2) is 5.12. The van der Waals surface area contributed by atoms with Gasteiger partial charge in [-0.1, -0.05) is 27.5 Å².